The second-order valence-electron chi connectivity index (χ2n) is 4.81. The molecule has 0 unspecified atom stereocenters. The average molecular weight is 251 g/mol. The van der Waals surface area contributed by atoms with Crippen molar-refractivity contribution in [1.82, 2.24) is 10.2 Å². The van der Waals surface area contributed by atoms with Gasteiger partial charge in [0.25, 0.3) is 5.91 Å². The quantitative estimate of drug-likeness (QED) is 0.764. The maximum atomic E-state index is 12.3. The van der Waals surface area contributed by atoms with E-state index >= 15 is 0 Å². The monoisotopic (exact) mass is 250 g/mol. The van der Waals surface area contributed by atoms with Crippen LogP contribution in [-0.4, -0.2) is 30.9 Å². The van der Waals surface area contributed by atoms with Crippen molar-refractivity contribution in [3.63, 3.8) is 0 Å². The molecule has 17 heavy (non-hydrogen) atoms. The lowest BCUT2D eigenvalue weighted by atomic mass is 9.81. The van der Waals surface area contributed by atoms with Gasteiger partial charge in [0.15, 0.2) is 0 Å². The number of benzene rings is 1. The molecule has 1 spiro atoms. The maximum absolute atomic E-state index is 12.3. The van der Waals surface area contributed by atoms with Crippen molar-refractivity contribution in [2.75, 3.05) is 20.1 Å². The summed E-state index contributed by atoms with van der Waals surface area (Å²) >= 11 is 6.32. The molecule has 1 aromatic rings. The number of hydrogen-bond acceptors (Lipinski definition) is 2. The Bertz CT molecular complexity index is 480. The van der Waals surface area contributed by atoms with Crippen LogP contribution in [0.4, 0.5) is 0 Å². The highest BCUT2D eigenvalue weighted by Gasteiger charge is 2.49. The molecule has 3 rings (SSSR count). The van der Waals surface area contributed by atoms with Crippen LogP contribution in [0.5, 0.6) is 0 Å². The van der Waals surface area contributed by atoms with E-state index < -0.39 is 0 Å². The number of piperidine rings is 1. The van der Waals surface area contributed by atoms with E-state index in [-0.39, 0.29) is 11.4 Å². The molecule has 0 aliphatic carbocycles. The first kappa shape index (κ1) is 11.1. The molecule has 2 aliphatic heterocycles. The standard InChI is InChI=1S/C13H15ClN2O/c1-16-12(17)9-3-2-4-10(14)11(9)13(16)5-7-15-8-6-13/h2-4,15H,5-8H2,1H3. The van der Waals surface area contributed by atoms with Crippen molar-refractivity contribution in [3.05, 3.63) is 34.3 Å². The number of nitrogens with zero attached hydrogens (tertiary/aromatic N) is 1. The van der Waals surface area contributed by atoms with Crippen molar-refractivity contribution >= 4 is 17.5 Å². The second-order valence-corrected chi connectivity index (χ2v) is 5.22. The van der Waals surface area contributed by atoms with Gasteiger partial charge in [-0.3, -0.25) is 4.79 Å². The summed E-state index contributed by atoms with van der Waals surface area (Å²) < 4.78 is 0. The molecule has 3 nitrogen and oxygen atoms in total. The van der Waals surface area contributed by atoms with Crippen molar-refractivity contribution in [1.29, 1.82) is 0 Å². The van der Waals surface area contributed by atoms with Crippen LogP contribution in [0.2, 0.25) is 5.02 Å². The molecule has 1 saturated heterocycles. The first-order chi connectivity index (χ1) is 8.17. The second kappa shape index (κ2) is 3.72. The van der Waals surface area contributed by atoms with Crippen molar-refractivity contribution < 1.29 is 4.79 Å². The van der Waals surface area contributed by atoms with Crippen LogP contribution in [0.3, 0.4) is 0 Å². The summed E-state index contributed by atoms with van der Waals surface area (Å²) in [6, 6.07) is 5.63. The van der Waals surface area contributed by atoms with E-state index in [2.05, 4.69) is 5.32 Å². The fourth-order valence-electron chi connectivity index (χ4n) is 3.14. The molecule has 90 valence electrons. The van der Waals surface area contributed by atoms with Gasteiger partial charge in [-0.15, -0.1) is 0 Å². The highest BCUT2D eigenvalue weighted by Crippen LogP contribution is 2.47. The van der Waals surface area contributed by atoms with Gasteiger partial charge in [-0.1, -0.05) is 17.7 Å². The predicted octanol–water partition coefficient (Wildman–Crippen LogP) is 2.00. The first-order valence-electron chi connectivity index (χ1n) is 5.95. The van der Waals surface area contributed by atoms with Crippen molar-refractivity contribution in [3.8, 4) is 0 Å². The Hall–Kier alpha value is -1.06. The molecule has 0 aromatic heterocycles. The van der Waals surface area contributed by atoms with E-state index in [9.17, 15) is 4.79 Å². The Labute approximate surface area is 106 Å². The third-order valence-corrected chi connectivity index (χ3v) is 4.40. The zero-order valence-corrected chi connectivity index (χ0v) is 10.5. The molecular weight excluding hydrogens is 236 g/mol. The van der Waals surface area contributed by atoms with Gasteiger partial charge in [0, 0.05) is 23.2 Å². The molecular formula is C13H15ClN2O. The minimum Gasteiger partial charge on any atom is -0.332 e. The summed E-state index contributed by atoms with van der Waals surface area (Å²) in [4.78, 5) is 14.1. The van der Waals surface area contributed by atoms with Crippen molar-refractivity contribution in [2.45, 2.75) is 18.4 Å². The van der Waals surface area contributed by atoms with Crippen LogP contribution >= 0.6 is 11.6 Å². The lowest BCUT2D eigenvalue weighted by Gasteiger charge is -2.40. The molecule has 1 amide bonds. The molecule has 2 aliphatic rings. The lowest BCUT2D eigenvalue weighted by Crippen LogP contribution is -2.48. The summed E-state index contributed by atoms with van der Waals surface area (Å²) in [5.41, 5.74) is 1.63. The number of carbonyl (C=O) groups is 1. The number of nitrogens with one attached hydrogen (secondary N) is 1. The predicted molar refractivity (Wildman–Crippen MR) is 67.3 cm³/mol. The normalized spacial score (nSPS) is 22.0. The van der Waals surface area contributed by atoms with Crippen LogP contribution < -0.4 is 5.32 Å². The van der Waals surface area contributed by atoms with Gasteiger partial charge in [-0.05, 0) is 38.1 Å². The first-order valence-corrected chi connectivity index (χ1v) is 6.32. The molecule has 4 heteroatoms. The smallest absolute Gasteiger partial charge is 0.254 e. The Morgan fingerprint density at radius 2 is 2.06 bits per heavy atom. The zero-order chi connectivity index (χ0) is 12.0. The summed E-state index contributed by atoms with van der Waals surface area (Å²) in [6.45, 7) is 1.87. The summed E-state index contributed by atoms with van der Waals surface area (Å²) in [5, 5.41) is 4.06. The minimum absolute atomic E-state index is 0.101. The van der Waals surface area contributed by atoms with Crippen LogP contribution in [0.25, 0.3) is 0 Å². The number of fused-ring (bicyclic) bond motifs is 2. The van der Waals surface area contributed by atoms with Crippen LogP contribution in [0.15, 0.2) is 18.2 Å². The van der Waals surface area contributed by atoms with E-state index in [0.29, 0.717) is 0 Å². The van der Waals surface area contributed by atoms with Gasteiger partial charge in [0.1, 0.15) is 0 Å². The lowest BCUT2D eigenvalue weighted by molar-refractivity contribution is 0.0551. The van der Waals surface area contributed by atoms with E-state index in [1.807, 2.05) is 30.1 Å². The highest BCUT2D eigenvalue weighted by molar-refractivity contribution is 6.32. The number of hydrogen-bond donors (Lipinski definition) is 1. The third-order valence-electron chi connectivity index (χ3n) is 4.09. The Morgan fingerprint density at radius 3 is 2.76 bits per heavy atom. The molecule has 0 saturated carbocycles. The van der Waals surface area contributed by atoms with E-state index in [4.69, 9.17) is 11.6 Å². The minimum atomic E-state index is -0.185. The molecule has 1 aromatic carbocycles. The molecule has 0 bridgehead atoms. The fourth-order valence-corrected chi connectivity index (χ4v) is 3.49. The van der Waals surface area contributed by atoms with E-state index in [1.165, 1.54) is 0 Å². The highest BCUT2D eigenvalue weighted by atomic mass is 35.5. The molecule has 1 N–H and O–H groups in total. The average Bonchev–Trinajstić information content (AvgIpc) is 2.55. The number of halogens is 1. The molecule has 0 atom stereocenters. The van der Waals surface area contributed by atoms with E-state index in [0.717, 1.165) is 42.1 Å². The van der Waals surface area contributed by atoms with Gasteiger partial charge in [-0.2, -0.15) is 0 Å². The van der Waals surface area contributed by atoms with Gasteiger partial charge >= 0.3 is 0 Å². The summed E-state index contributed by atoms with van der Waals surface area (Å²) in [6.07, 6.45) is 1.87. The maximum Gasteiger partial charge on any atom is 0.254 e. The van der Waals surface area contributed by atoms with Gasteiger partial charge in [0.05, 0.1) is 5.54 Å². The van der Waals surface area contributed by atoms with Crippen molar-refractivity contribution in [2.24, 2.45) is 0 Å². The van der Waals surface area contributed by atoms with Gasteiger partial charge in [-0.25, -0.2) is 0 Å². The molecule has 2 heterocycles. The Balaban J connectivity index is 2.21. The SMILES string of the molecule is CN1C(=O)c2cccc(Cl)c2C12CCNCC2. The largest absolute Gasteiger partial charge is 0.332 e. The summed E-state index contributed by atoms with van der Waals surface area (Å²) in [5.74, 6) is 0.101. The van der Waals surface area contributed by atoms with Crippen LogP contribution in [-0.2, 0) is 5.54 Å². The third kappa shape index (κ3) is 1.36. The van der Waals surface area contributed by atoms with Gasteiger partial charge in [0.2, 0.25) is 0 Å². The number of amides is 1. The zero-order valence-electron chi connectivity index (χ0n) is 9.79. The number of rotatable bonds is 0. The molecule has 0 radical (unpaired) electrons. The topological polar surface area (TPSA) is 32.3 Å². The molecule has 1 fully saturated rings. The van der Waals surface area contributed by atoms with Crippen LogP contribution in [0.1, 0.15) is 28.8 Å². The summed E-state index contributed by atoms with van der Waals surface area (Å²) in [7, 11) is 1.89. The van der Waals surface area contributed by atoms with E-state index in [1.54, 1.807) is 0 Å². The number of carbonyl (C=O) groups excluding carboxylic acids is 1. The fraction of sp³-hybridized carbons (Fsp3) is 0.462. The van der Waals surface area contributed by atoms with Crippen LogP contribution in [0, 0.1) is 0 Å². The van der Waals surface area contributed by atoms with Gasteiger partial charge < -0.3 is 10.2 Å². The Kier molecular flexibility index (Phi) is 2.42. The Morgan fingerprint density at radius 1 is 1.35 bits per heavy atom.